The highest BCUT2D eigenvalue weighted by Gasteiger charge is 2.21. The van der Waals surface area contributed by atoms with Crippen molar-refractivity contribution < 1.29 is 14.3 Å². The Kier molecular flexibility index (Phi) is 4.67. The summed E-state index contributed by atoms with van der Waals surface area (Å²) < 4.78 is 5.39. The van der Waals surface area contributed by atoms with E-state index in [1.54, 1.807) is 19.4 Å². The van der Waals surface area contributed by atoms with Gasteiger partial charge in [-0.1, -0.05) is 29.8 Å². The highest BCUT2D eigenvalue weighted by Crippen LogP contribution is 2.33. The van der Waals surface area contributed by atoms with Gasteiger partial charge in [0.25, 0.3) is 11.7 Å². The SMILES string of the molecule is COc1ccc(C)cc1-c1csc(NC(=O)C(=O)c2c[nH]c3ccccc23)n1. The Balaban J connectivity index is 1.56. The van der Waals surface area contributed by atoms with Crippen molar-refractivity contribution in [3.63, 3.8) is 0 Å². The van der Waals surface area contributed by atoms with Crippen LogP contribution in [0.4, 0.5) is 5.13 Å². The van der Waals surface area contributed by atoms with Gasteiger partial charge in [0.2, 0.25) is 0 Å². The van der Waals surface area contributed by atoms with E-state index in [2.05, 4.69) is 15.3 Å². The van der Waals surface area contributed by atoms with Crippen LogP contribution in [0, 0.1) is 6.92 Å². The molecule has 7 heteroatoms. The van der Waals surface area contributed by atoms with Crippen LogP contribution in [-0.4, -0.2) is 28.8 Å². The van der Waals surface area contributed by atoms with E-state index in [4.69, 9.17) is 4.74 Å². The predicted molar refractivity (Wildman–Crippen MR) is 110 cm³/mol. The summed E-state index contributed by atoms with van der Waals surface area (Å²) in [4.78, 5) is 32.5. The maximum absolute atomic E-state index is 12.6. The summed E-state index contributed by atoms with van der Waals surface area (Å²) in [6, 6.07) is 13.2. The van der Waals surface area contributed by atoms with E-state index in [0.717, 1.165) is 16.6 Å². The van der Waals surface area contributed by atoms with Gasteiger partial charge in [-0.25, -0.2) is 4.98 Å². The van der Waals surface area contributed by atoms with Crippen LogP contribution >= 0.6 is 11.3 Å². The average molecular weight is 391 g/mol. The fourth-order valence-electron chi connectivity index (χ4n) is 3.01. The van der Waals surface area contributed by atoms with Crippen LogP contribution in [0.1, 0.15) is 15.9 Å². The second-order valence-corrected chi connectivity index (χ2v) is 7.13. The largest absolute Gasteiger partial charge is 0.496 e. The van der Waals surface area contributed by atoms with Crippen molar-refractivity contribution in [2.45, 2.75) is 6.92 Å². The zero-order chi connectivity index (χ0) is 19.7. The van der Waals surface area contributed by atoms with Gasteiger partial charge in [0.1, 0.15) is 5.75 Å². The lowest BCUT2D eigenvalue weighted by molar-refractivity contribution is -0.112. The number of carbonyl (C=O) groups is 2. The van der Waals surface area contributed by atoms with Crippen molar-refractivity contribution in [3.8, 4) is 17.0 Å². The Morgan fingerprint density at radius 1 is 1.18 bits per heavy atom. The number of nitrogens with zero attached hydrogens (tertiary/aromatic N) is 1. The summed E-state index contributed by atoms with van der Waals surface area (Å²) in [7, 11) is 1.60. The molecule has 0 saturated carbocycles. The molecule has 140 valence electrons. The number of amides is 1. The molecule has 0 saturated heterocycles. The number of aromatic amines is 1. The third-order valence-corrected chi connectivity index (χ3v) is 5.15. The lowest BCUT2D eigenvalue weighted by Gasteiger charge is -2.07. The molecule has 0 bridgehead atoms. The summed E-state index contributed by atoms with van der Waals surface area (Å²) in [5, 5.41) is 5.50. The molecule has 0 aliphatic carbocycles. The number of hydrogen-bond donors (Lipinski definition) is 2. The van der Waals surface area contributed by atoms with Crippen LogP contribution in [0.3, 0.4) is 0 Å². The molecule has 0 aliphatic heterocycles. The molecule has 0 radical (unpaired) electrons. The standard InChI is InChI=1S/C21H17N3O3S/c1-12-7-8-18(27-2)14(9-12)17-11-28-21(23-17)24-20(26)19(25)15-10-22-16-6-4-3-5-13(15)16/h3-11,22H,1-2H3,(H,23,24,26). The normalized spacial score (nSPS) is 10.8. The quantitative estimate of drug-likeness (QED) is 0.389. The fourth-order valence-corrected chi connectivity index (χ4v) is 3.72. The smallest absolute Gasteiger partial charge is 0.298 e. The summed E-state index contributed by atoms with van der Waals surface area (Å²) in [6.45, 7) is 1.98. The zero-order valence-corrected chi connectivity index (χ0v) is 16.1. The van der Waals surface area contributed by atoms with Crippen LogP contribution in [0.25, 0.3) is 22.2 Å². The van der Waals surface area contributed by atoms with Gasteiger partial charge in [0.15, 0.2) is 5.13 Å². The summed E-state index contributed by atoms with van der Waals surface area (Å²) in [5.74, 6) is -0.632. The molecule has 0 atom stereocenters. The van der Waals surface area contributed by atoms with E-state index in [0.29, 0.717) is 27.5 Å². The number of methoxy groups -OCH3 is 1. The molecule has 0 aliphatic rings. The molecule has 2 aromatic carbocycles. The first-order chi connectivity index (χ1) is 13.6. The van der Waals surface area contributed by atoms with E-state index in [1.807, 2.05) is 48.7 Å². The number of benzene rings is 2. The fraction of sp³-hybridized carbons (Fsp3) is 0.0952. The number of aromatic nitrogens is 2. The Morgan fingerprint density at radius 2 is 2.00 bits per heavy atom. The average Bonchev–Trinajstić information content (AvgIpc) is 3.34. The van der Waals surface area contributed by atoms with Crippen molar-refractivity contribution >= 4 is 39.1 Å². The number of ketones is 1. The summed E-state index contributed by atoms with van der Waals surface area (Å²) >= 11 is 1.26. The Labute approximate surface area is 165 Å². The van der Waals surface area contributed by atoms with Crippen molar-refractivity contribution in [2.24, 2.45) is 0 Å². The monoisotopic (exact) mass is 391 g/mol. The third kappa shape index (κ3) is 3.27. The number of Topliss-reactive ketones (excluding diaryl/α,β-unsaturated/α-hetero) is 1. The molecule has 1 amide bonds. The number of H-pyrrole nitrogens is 1. The van der Waals surface area contributed by atoms with Gasteiger partial charge in [0.05, 0.1) is 18.4 Å². The molecule has 6 nitrogen and oxygen atoms in total. The first-order valence-corrected chi connectivity index (χ1v) is 9.47. The predicted octanol–water partition coefficient (Wildman–Crippen LogP) is 4.43. The maximum Gasteiger partial charge on any atom is 0.298 e. The number of anilines is 1. The van der Waals surface area contributed by atoms with Crippen LogP contribution < -0.4 is 10.1 Å². The number of hydrogen-bond acceptors (Lipinski definition) is 5. The molecule has 4 aromatic rings. The Hall–Kier alpha value is -3.45. The van der Waals surface area contributed by atoms with E-state index in [1.165, 1.54) is 11.3 Å². The van der Waals surface area contributed by atoms with Crippen molar-refractivity contribution in [2.75, 3.05) is 12.4 Å². The molecule has 0 unspecified atom stereocenters. The molecule has 2 heterocycles. The molecule has 0 fully saturated rings. The van der Waals surface area contributed by atoms with Gasteiger partial charge in [-0.2, -0.15) is 0 Å². The first-order valence-electron chi connectivity index (χ1n) is 8.59. The van der Waals surface area contributed by atoms with Crippen molar-refractivity contribution in [1.29, 1.82) is 0 Å². The lowest BCUT2D eigenvalue weighted by Crippen LogP contribution is -2.22. The second kappa shape index (κ2) is 7.28. The number of fused-ring (bicyclic) bond motifs is 1. The molecule has 2 aromatic heterocycles. The first kappa shape index (κ1) is 17.9. The number of carbonyl (C=O) groups excluding carboxylic acids is 2. The van der Waals surface area contributed by atoms with E-state index in [-0.39, 0.29) is 0 Å². The van der Waals surface area contributed by atoms with E-state index in [9.17, 15) is 9.59 Å². The summed E-state index contributed by atoms with van der Waals surface area (Å²) in [5.41, 5.74) is 3.73. The maximum atomic E-state index is 12.6. The number of ether oxygens (including phenoxy) is 1. The number of para-hydroxylation sites is 1. The minimum Gasteiger partial charge on any atom is -0.496 e. The Bertz CT molecular complexity index is 1190. The van der Waals surface area contributed by atoms with Crippen molar-refractivity contribution in [1.82, 2.24) is 9.97 Å². The van der Waals surface area contributed by atoms with E-state index < -0.39 is 11.7 Å². The van der Waals surface area contributed by atoms with Crippen molar-refractivity contribution in [3.05, 3.63) is 65.2 Å². The molecular formula is C21H17N3O3S. The van der Waals surface area contributed by atoms with Gasteiger partial charge in [-0.05, 0) is 25.1 Å². The number of rotatable bonds is 5. The highest BCUT2D eigenvalue weighted by molar-refractivity contribution is 7.14. The number of aryl methyl sites for hydroxylation is 1. The van der Waals surface area contributed by atoms with Gasteiger partial charge in [-0.15, -0.1) is 11.3 Å². The molecular weight excluding hydrogens is 374 g/mol. The number of nitrogens with one attached hydrogen (secondary N) is 2. The van der Waals surface area contributed by atoms with Crippen LogP contribution in [0.5, 0.6) is 5.75 Å². The van der Waals surface area contributed by atoms with Gasteiger partial charge in [-0.3, -0.25) is 14.9 Å². The molecule has 0 spiro atoms. The third-order valence-electron chi connectivity index (χ3n) is 4.40. The molecule has 4 rings (SSSR count). The van der Waals surface area contributed by atoms with E-state index >= 15 is 0 Å². The van der Waals surface area contributed by atoms with Crippen LogP contribution in [0.15, 0.2) is 54.0 Å². The summed E-state index contributed by atoms with van der Waals surface area (Å²) in [6.07, 6.45) is 1.55. The molecule has 28 heavy (non-hydrogen) atoms. The topological polar surface area (TPSA) is 84.1 Å². The Morgan fingerprint density at radius 3 is 2.82 bits per heavy atom. The minimum atomic E-state index is -0.720. The van der Waals surface area contributed by atoms with Gasteiger partial charge in [0, 0.05) is 28.0 Å². The molecule has 2 N–H and O–H groups in total. The highest BCUT2D eigenvalue weighted by atomic mass is 32.1. The number of thiazole rings is 1. The lowest BCUT2D eigenvalue weighted by atomic mass is 10.1. The van der Waals surface area contributed by atoms with Gasteiger partial charge < -0.3 is 9.72 Å². The van der Waals surface area contributed by atoms with Gasteiger partial charge >= 0.3 is 0 Å². The van der Waals surface area contributed by atoms with Crippen LogP contribution in [-0.2, 0) is 4.79 Å². The second-order valence-electron chi connectivity index (χ2n) is 6.27. The zero-order valence-electron chi connectivity index (χ0n) is 15.3. The minimum absolute atomic E-state index is 0.338. The van der Waals surface area contributed by atoms with Crippen LogP contribution in [0.2, 0.25) is 0 Å².